The van der Waals surface area contributed by atoms with Gasteiger partial charge in [0, 0.05) is 37.4 Å². The van der Waals surface area contributed by atoms with Gasteiger partial charge < -0.3 is 0 Å². The summed E-state index contributed by atoms with van der Waals surface area (Å²) in [4.78, 5) is 5.44. The van der Waals surface area contributed by atoms with Crippen LogP contribution in [0.1, 0.15) is 68.4 Å². The number of hydrogen-bond acceptors (Lipinski definition) is 2. The van der Waals surface area contributed by atoms with Gasteiger partial charge >= 0.3 is 0 Å². The highest BCUT2D eigenvalue weighted by Crippen LogP contribution is 2.45. The van der Waals surface area contributed by atoms with E-state index >= 15 is 0 Å². The van der Waals surface area contributed by atoms with Gasteiger partial charge in [0.15, 0.2) is 0 Å². The number of fused-ring (bicyclic) bond motifs is 7. The molecule has 0 radical (unpaired) electrons. The third kappa shape index (κ3) is 8.77. The van der Waals surface area contributed by atoms with Crippen LogP contribution in [0.5, 0.6) is 0 Å². The van der Waals surface area contributed by atoms with Gasteiger partial charge in [-0.2, -0.15) is 0 Å². The Morgan fingerprint density at radius 1 is 0.644 bits per heavy atom. The number of thiophene rings is 1. The molecule has 0 aliphatic carbocycles. The lowest BCUT2D eigenvalue weighted by Crippen LogP contribution is -2.13. The van der Waals surface area contributed by atoms with E-state index in [-0.39, 0.29) is 0 Å². The van der Waals surface area contributed by atoms with E-state index < -0.39 is 0 Å². The number of hydrogen-bond donors (Lipinski definition) is 0. The van der Waals surface area contributed by atoms with Gasteiger partial charge in [-0.3, -0.25) is 4.57 Å². The molecular weight excluding hydrogens is 733 g/mol. The summed E-state index contributed by atoms with van der Waals surface area (Å²) >= 11 is 1.91. The highest BCUT2D eigenvalue weighted by Gasteiger charge is 2.22. The third-order valence-electron chi connectivity index (χ3n) is 10.9. The predicted octanol–water partition coefficient (Wildman–Crippen LogP) is 16.5. The summed E-state index contributed by atoms with van der Waals surface area (Å²) in [5, 5.41) is 5.29. The van der Waals surface area contributed by atoms with Crippen LogP contribution in [-0.2, 0) is 6.42 Å². The fourth-order valence-corrected chi connectivity index (χ4v) is 9.19. The van der Waals surface area contributed by atoms with Crippen molar-refractivity contribution in [3.8, 4) is 11.1 Å². The SMILES string of the molecule is C/C=C(\N=C(CCC)n1c2ccc3c4ccccc4sc3c2c2ccc(-c3ccccc3CC)c(C)c21)c1ccccc1.C=C(C)c1ccccc1.Cc1ccccc1. The second kappa shape index (κ2) is 19.0. The normalized spacial score (nSPS) is 11.7. The van der Waals surface area contributed by atoms with Crippen LogP contribution in [0.4, 0.5) is 0 Å². The van der Waals surface area contributed by atoms with E-state index in [0.29, 0.717) is 0 Å². The molecule has 9 aromatic rings. The molecule has 294 valence electrons. The van der Waals surface area contributed by atoms with Crippen molar-refractivity contribution >= 4 is 70.4 Å². The molecule has 59 heavy (non-hydrogen) atoms. The van der Waals surface area contributed by atoms with Gasteiger partial charge in [0.25, 0.3) is 0 Å². The number of aromatic nitrogens is 1. The van der Waals surface area contributed by atoms with Crippen molar-refractivity contribution in [1.82, 2.24) is 4.57 Å². The maximum Gasteiger partial charge on any atom is 0.114 e. The van der Waals surface area contributed by atoms with Gasteiger partial charge in [-0.05, 0) is 86.1 Å². The molecule has 0 N–H and O–H groups in total. The van der Waals surface area contributed by atoms with Gasteiger partial charge in [-0.15, -0.1) is 11.3 Å². The van der Waals surface area contributed by atoms with Crippen molar-refractivity contribution < 1.29 is 0 Å². The minimum Gasteiger partial charge on any atom is -0.297 e. The van der Waals surface area contributed by atoms with E-state index in [1.54, 1.807) is 0 Å². The molecule has 3 heteroatoms. The van der Waals surface area contributed by atoms with Gasteiger partial charge in [0.05, 0.1) is 16.7 Å². The molecule has 9 rings (SSSR count). The monoisotopic (exact) mass is 786 g/mol. The first-order valence-electron chi connectivity index (χ1n) is 20.8. The summed E-state index contributed by atoms with van der Waals surface area (Å²) in [6.07, 6.45) is 5.03. The number of allylic oxidation sites excluding steroid dienone is 2. The number of nitrogens with zero attached hydrogens (tertiary/aromatic N) is 2. The van der Waals surface area contributed by atoms with Crippen molar-refractivity contribution in [2.45, 2.75) is 60.8 Å². The van der Waals surface area contributed by atoms with Crippen molar-refractivity contribution in [3.05, 3.63) is 204 Å². The summed E-state index contributed by atoms with van der Waals surface area (Å²) in [6.45, 7) is 16.8. The lowest BCUT2D eigenvalue weighted by atomic mass is 9.93. The van der Waals surface area contributed by atoms with Gasteiger partial charge in [0.2, 0.25) is 0 Å². The summed E-state index contributed by atoms with van der Waals surface area (Å²) in [5.41, 5.74) is 13.6. The number of aryl methyl sites for hydroxylation is 3. The summed E-state index contributed by atoms with van der Waals surface area (Å²) in [6, 6.07) is 58.0. The topological polar surface area (TPSA) is 17.3 Å². The lowest BCUT2D eigenvalue weighted by Gasteiger charge is -2.16. The first-order chi connectivity index (χ1) is 28.8. The minimum absolute atomic E-state index is 0.878. The number of rotatable bonds is 7. The Morgan fingerprint density at radius 3 is 1.86 bits per heavy atom. The van der Waals surface area contributed by atoms with Crippen LogP contribution in [0.3, 0.4) is 0 Å². The summed E-state index contributed by atoms with van der Waals surface area (Å²) < 4.78 is 5.17. The smallest absolute Gasteiger partial charge is 0.114 e. The van der Waals surface area contributed by atoms with Crippen molar-refractivity contribution in [1.29, 1.82) is 0 Å². The number of aliphatic imine (C=N–C) groups is 1. The average molecular weight is 787 g/mol. The molecule has 7 aromatic carbocycles. The van der Waals surface area contributed by atoms with Gasteiger partial charge in [-0.25, -0.2) is 4.99 Å². The molecule has 2 heterocycles. The van der Waals surface area contributed by atoms with Crippen molar-refractivity contribution in [2.75, 3.05) is 0 Å². The maximum absolute atomic E-state index is 5.44. The fraction of sp³-hybridized carbons (Fsp3) is 0.161. The van der Waals surface area contributed by atoms with E-state index in [2.05, 4.69) is 179 Å². The van der Waals surface area contributed by atoms with E-state index in [0.717, 1.165) is 41.9 Å². The standard InChI is InChI=1S/C40H36N2S.C9H10.C7H8/c1-5-15-37(41-34(7-3)28-17-9-8-10-18-28)42-35-25-24-32-31-20-13-14-21-36(31)43-40(32)38(35)33-23-22-29(26(4)39(33)42)30-19-12-11-16-27(30)6-2;1-8(2)9-6-4-3-5-7-9;1-7-5-3-2-4-6-7/h7-14,16-25H,5-6,15H2,1-4H3;3-7H,1H2,2H3;2-6H,1H3/b34-7-,41-37?;;. The van der Waals surface area contributed by atoms with E-state index in [9.17, 15) is 0 Å². The van der Waals surface area contributed by atoms with Crippen molar-refractivity contribution in [2.24, 2.45) is 4.99 Å². The molecule has 0 aliphatic rings. The molecule has 0 saturated carbocycles. The highest BCUT2D eigenvalue weighted by atomic mass is 32.1. The Balaban J connectivity index is 0.000000274. The molecule has 2 aromatic heterocycles. The van der Waals surface area contributed by atoms with E-state index in [4.69, 9.17) is 4.99 Å². The van der Waals surface area contributed by atoms with E-state index in [1.807, 2.05) is 54.7 Å². The number of benzene rings is 7. The quantitative estimate of drug-likeness (QED) is 0.113. The second-order valence-electron chi connectivity index (χ2n) is 15.0. The zero-order valence-electron chi connectivity index (χ0n) is 35.3. The van der Waals surface area contributed by atoms with E-state index in [1.165, 1.54) is 75.4 Å². The Labute approximate surface area is 354 Å². The molecule has 0 fully saturated rings. The first kappa shape index (κ1) is 40.9. The van der Waals surface area contributed by atoms with Crippen molar-refractivity contribution in [3.63, 3.8) is 0 Å². The zero-order chi connectivity index (χ0) is 41.3. The van der Waals surface area contributed by atoms with Crippen LogP contribution >= 0.6 is 11.3 Å². The molecule has 0 amide bonds. The Morgan fingerprint density at radius 2 is 1.25 bits per heavy atom. The lowest BCUT2D eigenvalue weighted by molar-refractivity contribution is 0.958. The molecule has 0 aliphatic heterocycles. The van der Waals surface area contributed by atoms with Gasteiger partial charge in [-0.1, -0.05) is 189 Å². The predicted molar refractivity (Wildman–Crippen MR) is 262 cm³/mol. The van der Waals surface area contributed by atoms with Gasteiger partial charge in [0.1, 0.15) is 5.84 Å². The Kier molecular flexibility index (Phi) is 13.2. The largest absolute Gasteiger partial charge is 0.297 e. The molecular formula is C56H54N2S. The average Bonchev–Trinajstić information content (AvgIpc) is 3.83. The Bertz CT molecular complexity index is 2910. The highest BCUT2D eigenvalue weighted by molar-refractivity contribution is 7.26. The van der Waals surface area contributed by atoms with Crippen LogP contribution in [0, 0.1) is 13.8 Å². The second-order valence-corrected chi connectivity index (χ2v) is 16.1. The summed E-state index contributed by atoms with van der Waals surface area (Å²) in [7, 11) is 0. The molecule has 0 spiro atoms. The fourth-order valence-electron chi connectivity index (χ4n) is 7.93. The molecule has 0 unspecified atom stereocenters. The molecule has 0 bridgehead atoms. The van der Waals surface area contributed by atoms with Crippen LogP contribution in [0.15, 0.2) is 181 Å². The molecule has 2 nitrogen and oxygen atoms in total. The zero-order valence-corrected chi connectivity index (χ0v) is 36.1. The van der Waals surface area contributed by atoms with Crippen LogP contribution < -0.4 is 0 Å². The Hall–Kier alpha value is -6.29. The summed E-state index contributed by atoms with van der Waals surface area (Å²) in [5.74, 6) is 1.09. The molecule has 0 atom stereocenters. The van der Waals surface area contributed by atoms with Crippen LogP contribution in [-0.4, -0.2) is 10.4 Å². The first-order valence-corrected chi connectivity index (χ1v) is 21.6. The maximum atomic E-state index is 5.44. The van der Waals surface area contributed by atoms with Crippen LogP contribution in [0.25, 0.3) is 64.4 Å². The third-order valence-corrected chi connectivity index (χ3v) is 12.1. The minimum atomic E-state index is 0.878. The van der Waals surface area contributed by atoms with Crippen LogP contribution in [0.2, 0.25) is 0 Å². The molecule has 0 saturated heterocycles.